The van der Waals surface area contributed by atoms with Gasteiger partial charge in [-0.2, -0.15) is 5.10 Å². The van der Waals surface area contributed by atoms with E-state index in [1.165, 1.54) is 0 Å². The maximum Gasteiger partial charge on any atom is 0.271 e. The summed E-state index contributed by atoms with van der Waals surface area (Å²) in [6.07, 6.45) is 0.0590. The summed E-state index contributed by atoms with van der Waals surface area (Å²) in [5.41, 5.74) is 5.05. The third-order valence-corrected chi connectivity index (χ3v) is 4.64. The van der Waals surface area contributed by atoms with Crippen LogP contribution in [0.2, 0.25) is 5.02 Å². The van der Waals surface area contributed by atoms with Crippen LogP contribution in [0.25, 0.3) is 10.8 Å². The molecule has 0 heterocycles. The van der Waals surface area contributed by atoms with Gasteiger partial charge in [-0.3, -0.25) is 9.59 Å². The zero-order valence-corrected chi connectivity index (χ0v) is 16.4. The molecule has 0 unspecified atom stereocenters. The van der Waals surface area contributed by atoms with Crippen LogP contribution in [0.15, 0.2) is 65.8 Å². The first-order valence-electron chi connectivity index (χ1n) is 8.80. The topological polar surface area (TPSA) is 70.6 Å². The van der Waals surface area contributed by atoms with E-state index < -0.39 is 0 Å². The minimum Gasteiger partial charge on any atom is -0.326 e. The van der Waals surface area contributed by atoms with E-state index in [1.807, 2.05) is 49.4 Å². The van der Waals surface area contributed by atoms with E-state index in [1.54, 1.807) is 25.1 Å². The van der Waals surface area contributed by atoms with Gasteiger partial charge in [0.2, 0.25) is 5.91 Å². The molecule has 0 aliphatic heterocycles. The lowest BCUT2D eigenvalue weighted by molar-refractivity contribution is -0.115. The standard InChI is InChI=1S/C22H20ClN3O2/c1-14-7-10-19(13-20(14)23)24-21(27)11-15(2)25-26-22(28)18-9-8-16-5-3-4-6-17(16)12-18/h3-10,12-13H,11H2,1-2H3,(H,24,27)(H,26,28)/b25-15-. The van der Waals surface area contributed by atoms with Crippen LogP contribution in [-0.4, -0.2) is 17.5 Å². The van der Waals surface area contributed by atoms with E-state index in [0.29, 0.717) is 22.0 Å². The predicted octanol–water partition coefficient (Wildman–Crippen LogP) is 4.94. The highest BCUT2D eigenvalue weighted by Gasteiger charge is 2.08. The smallest absolute Gasteiger partial charge is 0.271 e. The highest BCUT2D eigenvalue weighted by molar-refractivity contribution is 6.31. The first-order chi connectivity index (χ1) is 13.4. The lowest BCUT2D eigenvalue weighted by Crippen LogP contribution is -2.21. The molecule has 0 saturated carbocycles. The van der Waals surface area contributed by atoms with Gasteiger partial charge in [-0.15, -0.1) is 0 Å². The molecule has 0 radical (unpaired) electrons. The Morgan fingerprint density at radius 1 is 1.00 bits per heavy atom. The van der Waals surface area contributed by atoms with Gasteiger partial charge in [0.05, 0.1) is 6.42 Å². The number of halogens is 1. The lowest BCUT2D eigenvalue weighted by Gasteiger charge is -2.07. The van der Waals surface area contributed by atoms with Gasteiger partial charge in [0, 0.05) is 22.0 Å². The van der Waals surface area contributed by atoms with Crippen LogP contribution in [-0.2, 0) is 4.79 Å². The number of hydrazone groups is 1. The van der Waals surface area contributed by atoms with Gasteiger partial charge < -0.3 is 5.32 Å². The zero-order valence-electron chi connectivity index (χ0n) is 15.6. The van der Waals surface area contributed by atoms with Crippen LogP contribution in [0.5, 0.6) is 0 Å². The number of nitrogens with one attached hydrogen (secondary N) is 2. The highest BCUT2D eigenvalue weighted by Crippen LogP contribution is 2.20. The summed E-state index contributed by atoms with van der Waals surface area (Å²) in [5, 5.41) is 9.42. The summed E-state index contributed by atoms with van der Waals surface area (Å²) >= 11 is 6.06. The number of hydrogen-bond acceptors (Lipinski definition) is 3. The van der Waals surface area contributed by atoms with Crippen LogP contribution >= 0.6 is 11.6 Å². The molecule has 28 heavy (non-hydrogen) atoms. The van der Waals surface area contributed by atoms with Gasteiger partial charge in [0.15, 0.2) is 0 Å². The van der Waals surface area contributed by atoms with Crippen molar-refractivity contribution in [1.29, 1.82) is 0 Å². The van der Waals surface area contributed by atoms with Crippen LogP contribution in [0, 0.1) is 6.92 Å². The Kier molecular flexibility index (Phi) is 6.06. The molecule has 2 N–H and O–H groups in total. The number of aryl methyl sites for hydroxylation is 1. The number of nitrogens with zero attached hydrogens (tertiary/aromatic N) is 1. The quantitative estimate of drug-likeness (QED) is 0.476. The number of fused-ring (bicyclic) bond motifs is 1. The fourth-order valence-corrected chi connectivity index (χ4v) is 2.87. The van der Waals surface area contributed by atoms with E-state index in [-0.39, 0.29) is 18.2 Å². The Balaban J connectivity index is 1.58. The summed E-state index contributed by atoms with van der Waals surface area (Å²) < 4.78 is 0. The fraction of sp³-hybridized carbons (Fsp3) is 0.136. The molecule has 0 spiro atoms. The number of hydrogen-bond donors (Lipinski definition) is 2. The second-order valence-corrected chi connectivity index (χ2v) is 6.95. The molecule has 0 saturated heterocycles. The third kappa shape index (κ3) is 4.96. The zero-order chi connectivity index (χ0) is 20.1. The van der Waals surface area contributed by atoms with Crippen molar-refractivity contribution < 1.29 is 9.59 Å². The van der Waals surface area contributed by atoms with Crippen molar-refractivity contribution in [2.24, 2.45) is 5.10 Å². The van der Waals surface area contributed by atoms with Crippen LogP contribution in [0.3, 0.4) is 0 Å². The highest BCUT2D eigenvalue weighted by atomic mass is 35.5. The van der Waals surface area contributed by atoms with Crippen molar-refractivity contribution in [3.63, 3.8) is 0 Å². The van der Waals surface area contributed by atoms with Gasteiger partial charge in [-0.25, -0.2) is 5.43 Å². The number of anilines is 1. The molecule has 3 aromatic rings. The van der Waals surface area contributed by atoms with E-state index in [2.05, 4.69) is 15.8 Å². The first-order valence-corrected chi connectivity index (χ1v) is 9.18. The summed E-state index contributed by atoms with van der Waals surface area (Å²) in [4.78, 5) is 24.4. The molecule has 142 valence electrons. The summed E-state index contributed by atoms with van der Waals surface area (Å²) in [7, 11) is 0. The molecule has 5 nitrogen and oxygen atoms in total. The second kappa shape index (κ2) is 8.67. The third-order valence-electron chi connectivity index (χ3n) is 4.23. The number of amides is 2. The molecular weight excluding hydrogens is 374 g/mol. The average Bonchev–Trinajstić information content (AvgIpc) is 2.68. The molecule has 0 fully saturated rings. The van der Waals surface area contributed by atoms with E-state index in [4.69, 9.17) is 11.6 Å². The van der Waals surface area contributed by atoms with Crippen LogP contribution in [0.4, 0.5) is 5.69 Å². The Labute approximate surface area is 168 Å². The first kappa shape index (κ1) is 19.6. The molecule has 0 aliphatic carbocycles. The maximum atomic E-state index is 12.3. The Bertz CT molecular complexity index is 1080. The van der Waals surface area contributed by atoms with Crippen molar-refractivity contribution in [2.75, 3.05) is 5.32 Å². The van der Waals surface area contributed by atoms with E-state index >= 15 is 0 Å². The Morgan fingerprint density at radius 2 is 1.75 bits per heavy atom. The number of rotatable bonds is 5. The Morgan fingerprint density at radius 3 is 2.50 bits per heavy atom. The molecule has 0 aliphatic rings. The van der Waals surface area contributed by atoms with Gasteiger partial charge in [-0.1, -0.05) is 48.0 Å². The van der Waals surface area contributed by atoms with Crippen LogP contribution in [0.1, 0.15) is 29.3 Å². The van der Waals surface area contributed by atoms with Gasteiger partial charge in [0.25, 0.3) is 5.91 Å². The molecule has 2 amide bonds. The second-order valence-electron chi connectivity index (χ2n) is 6.54. The predicted molar refractivity (Wildman–Crippen MR) is 114 cm³/mol. The molecule has 6 heteroatoms. The molecule has 0 aromatic heterocycles. The van der Waals surface area contributed by atoms with Gasteiger partial charge in [0.1, 0.15) is 0 Å². The summed E-state index contributed by atoms with van der Waals surface area (Å²) in [5.74, 6) is -0.558. The molecular formula is C22H20ClN3O2. The van der Waals surface area contributed by atoms with E-state index in [9.17, 15) is 9.59 Å². The van der Waals surface area contributed by atoms with Gasteiger partial charge in [-0.05, 0) is 54.4 Å². The largest absolute Gasteiger partial charge is 0.326 e. The minimum atomic E-state index is -0.323. The minimum absolute atomic E-state index is 0.0590. The number of carbonyl (C=O) groups excluding carboxylic acids is 2. The summed E-state index contributed by atoms with van der Waals surface area (Å²) in [6.45, 7) is 3.57. The SMILES string of the molecule is C/C(CC(=O)Nc1ccc(C)c(Cl)c1)=N/NC(=O)c1ccc2ccccc2c1. The molecule has 3 rings (SSSR count). The van der Waals surface area contributed by atoms with Crippen molar-refractivity contribution in [1.82, 2.24) is 5.43 Å². The van der Waals surface area contributed by atoms with Crippen molar-refractivity contribution in [3.8, 4) is 0 Å². The van der Waals surface area contributed by atoms with E-state index in [0.717, 1.165) is 16.3 Å². The molecule has 3 aromatic carbocycles. The molecule has 0 bridgehead atoms. The normalized spacial score (nSPS) is 11.3. The Hall–Kier alpha value is -3.18. The number of carbonyl (C=O) groups is 2. The maximum absolute atomic E-state index is 12.3. The monoisotopic (exact) mass is 393 g/mol. The summed E-state index contributed by atoms with van der Waals surface area (Å²) in [6, 6.07) is 18.6. The van der Waals surface area contributed by atoms with Crippen molar-refractivity contribution in [3.05, 3.63) is 76.8 Å². The number of benzene rings is 3. The van der Waals surface area contributed by atoms with Gasteiger partial charge >= 0.3 is 0 Å². The fourth-order valence-electron chi connectivity index (χ4n) is 2.69. The molecule has 0 atom stereocenters. The van der Waals surface area contributed by atoms with Crippen LogP contribution < -0.4 is 10.7 Å². The lowest BCUT2D eigenvalue weighted by atomic mass is 10.1. The van der Waals surface area contributed by atoms with Crippen molar-refractivity contribution in [2.45, 2.75) is 20.3 Å². The average molecular weight is 394 g/mol. The van der Waals surface area contributed by atoms with Crippen molar-refractivity contribution >= 4 is 45.6 Å².